The number of carbonyl (C=O) groups excluding carboxylic acids is 2. The first kappa shape index (κ1) is 14.1. The lowest BCUT2D eigenvalue weighted by atomic mass is 10.0. The van der Waals surface area contributed by atoms with Gasteiger partial charge in [0, 0.05) is 11.6 Å². The maximum atomic E-state index is 11.9. The van der Waals surface area contributed by atoms with Crippen LogP contribution in [-0.2, 0) is 4.74 Å². The molecular weight excluding hydrogens is 254 g/mol. The number of rotatable bonds is 3. The van der Waals surface area contributed by atoms with E-state index in [9.17, 15) is 9.59 Å². The molecule has 0 atom stereocenters. The molecule has 0 aromatic heterocycles. The lowest BCUT2D eigenvalue weighted by Gasteiger charge is -2.09. The molecule has 2 rings (SSSR count). The lowest BCUT2D eigenvalue weighted by Crippen LogP contribution is -2.29. The fraction of sp³-hybridized carbons (Fsp3) is 0.250. The summed E-state index contributed by atoms with van der Waals surface area (Å²) in [5, 5.41) is 4.66. The lowest BCUT2D eigenvalue weighted by molar-refractivity contribution is 0.0600. The molecule has 0 bridgehead atoms. The Kier molecular flexibility index (Phi) is 4.03. The van der Waals surface area contributed by atoms with Gasteiger partial charge in [-0.25, -0.2) is 4.79 Å². The first-order valence-corrected chi connectivity index (χ1v) is 6.44. The summed E-state index contributed by atoms with van der Waals surface area (Å²) in [6.45, 7) is 3.84. The molecule has 0 heterocycles. The quantitative estimate of drug-likeness (QED) is 0.873. The van der Waals surface area contributed by atoms with Gasteiger partial charge in [-0.1, -0.05) is 12.1 Å². The Labute approximate surface area is 117 Å². The Morgan fingerprint density at radius 3 is 2.10 bits per heavy atom. The van der Waals surface area contributed by atoms with Gasteiger partial charge in [0.1, 0.15) is 0 Å². The van der Waals surface area contributed by atoms with Crippen LogP contribution in [0.3, 0.4) is 0 Å². The first-order chi connectivity index (χ1) is 9.51. The Morgan fingerprint density at radius 2 is 1.55 bits per heavy atom. The van der Waals surface area contributed by atoms with Gasteiger partial charge in [0.2, 0.25) is 0 Å². The normalized spacial score (nSPS) is 10.6. The molecule has 2 aromatic carbocycles. The van der Waals surface area contributed by atoms with E-state index < -0.39 is 0 Å². The third-order valence-corrected chi connectivity index (χ3v) is 2.94. The van der Waals surface area contributed by atoms with E-state index in [1.54, 1.807) is 18.2 Å². The number of carbonyl (C=O) groups is 2. The summed E-state index contributed by atoms with van der Waals surface area (Å²) in [6, 6.07) is 10.8. The molecule has 104 valence electrons. The van der Waals surface area contributed by atoms with Crippen LogP contribution in [0, 0.1) is 0 Å². The van der Waals surface area contributed by atoms with E-state index in [2.05, 4.69) is 10.1 Å². The monoisotopic (exact) mass is 271 g/mol. The molecule has 4 nitrogen and oxygen atoms in total. The molecule has 0 radical (unpaired) electrons. The minimum Gasteiger partial charge on any atom is -0.465 e. The van der Waals surface area contributed by atoms with Crippen molar-refractivity contribution in [3.8, 4) is 0 Å². The number of benzene rings is 2. The summed E-state index contributed by atoms with van der Waals surface area (Å²) in [6.07, 6.45) is 0. The minimum absolute atomic E-state index is 0.0971. The van der Waals surface area contributed by atoms with Gasteiger partial charge in [-0.3, -0.25) is 4.79 Å². The van der Waals surface area contributed by atoms with Crippen LogP contribution in [0.15, 0.2) is 36.4 Å². The zero-order valence-electron chi connectivity index (χ0n) is 11.8. The van der Waals surface area contributed by atoms with E-state index >= 15 is 0 Å². The Hall–Kier alpha value is -2.36. The highest BCUT2D eigenvalue weighted by molar-refractivity contribution is 6.00. The molecule has 0 unspecified atom stereocenters. The minimum atomic E-state index is -0.367. The van der Waals surface area contributed by atoms with Crippen LogP contribution < -0.4 is 5.32 Å². The van der Waals surface area contributed by atoms with Crippen molar-refractivity contribution in [2.45, 2.75) is 19.9 Å². The number of hydrogen-bond donors (Lipinski definition) is 1. The second kappa shape index (κ2) is 5.74. The van der Waals surface area contributed by atoms with Crippen LogP contribution in [0.4, 0.5) is 0 Å². The van der Waals surface area contributed by atoms with Gasteiger partial charge in [-0.05, 0) is 48.9 Å². The van der Waals surface area contributed by atoms with Crippen LogP contribution >= 0.6 is 0 Å². The van der Waals surface area contributed by atoms with Crippen molar-refractivity contribution < 1.29 is 14.3 Å². The fourth-order valence-corrected chi connectivity index (χ4v) is 1.98. The van der Waals surface area contributed by atoms with Crippen molar-refractivity contribution in [1.29, 1.82) is 0 Å². The van der Waals surface area contributed by atoms with Gasteiger partial charge in [0.15, 0.2) is 0 Å². The number of ether oxygens (including phenoxy) is 1. The summed E-state index contributed by atoms with van der Waals surface area (Å²) < 4.78 is 4.69. The Morgan fingerprint density at radius 1 is 1.00 bits per heavy atom. The summed E-state index contributed by atoms with van der Waals surface area (Å²) >= 11 is 0. The summed E-state index contributed by atoms with van der Waals surface area (Å²) in [4.78, 5) is 23.4. The number of esters is 1. The fourth-order valence-electron chi connectivity index (χ4n) is 1.98. The van der Waals surface area contributed by atoms with E-state index in [0.29, 0.717) is 11.1 Å². The molecule has 0 fully saturated rings. The third-order valence-electron chi connectivity index (χ3n) is 2.94. The molecule has 0 aliphatic heterocycles. The van der Waals surface area contributed by atoms with E-state index in [4.69, 9.17) is 0 Å². The zero-order valence-corrected chi connectivity index (χ0v) is 11.8. The van der Waals surface area contributed by atoms with Crippen molar-refractivity contribution in [3.63, 3.8) is 0 Å². The van der Waals surface area contributed by atoms with Crippen molar-refractivity contribution in [2.24, 2.45) is 0 Å². The first-order valence-electron chi connectivity index (χ1n) is 6.44. The van der Waals surface area contributed by atoms with Crippen molar-refractivity contribution in [2.75, 3.05) is 7.11 Å². The highest BCUT2D eigenvalue weighted by Crippen LogP contribution is 2.18. The molecule has 4 heteroatoms. The molecule has 0 aliphatic rings. The number of nitrogens with one attached hydrogen (secondary N) is 1. The number of fused-ring (bicyclic) bond motifs is 1. The molecule has 0 spiro atoms. The second-order valence-electron chi connectivity index (χ2n) is 4.90. The van der Waals surface area contributed by atoms with Gasteiger partial charge in [0.05, 0.1) is 12.7 Å². The number of hydrogen-bond acceptors (Lipinski definition) is 3. The zero-order chi connectivity index (χ0) is 14.7. The van der Waals surface area contributed by atoms with Gasteiger partial charge < -0.3 is 10.1 Å². The Bertz CT molecular complexity index is 662. The second-order valence-corrected chi connectivity index (χ2v) is 4.90. The largest absolute Gasteiger partial charge is 0.465 e. The molecule has 0 saturated heterocycles. The summed E-state index contributed by atoms with van der Waals surface area (Å²) in [5.41, 5.74) is 1.11. The number of amides is 1. The van der Waals surface area contributed by atoms with Crippen LogP contribution in [0.2, 0.25) is 0 Å². The maximum Gasteiger partial charge on any atom is 0.337 e. The van der Waals surface area contributed by atoms with Gasteiger partial charge in [-0.15, -0.1) is 0 Å². The van der Waals surface area contributed by atoms with Crippen LogP contribution in [0.1, 0.15) is 34.6 Å². The van der Waals surface area contributed by atoms with Crippen molar-refractivity contribution in [1.82, 2.24) is 5.32 Å². The molecule has 2 aromatic rings. The molecule has 0 saturated carbocycles. The Balaban J connectivity index is 2.36. The predicted molar refractivity (Wildman–Crippen MR) is 77.9 cm³/mol. The maximum absolute atomic E-state index is 11.9. The van der Waals surface area contributed by atoms with E-state index in [1.807, 2.05) is 32.0 Å². The highest BCUT2D eigenvalue weighted by atomic mass is 16.5. The molecule has 1 N–H and O–H groups in total. The van der Waals surface area contributed by atoms with E-state index in [0.717, 1.165) is 10.8 Å². The van der Waals surface area contributed by atoms with Crippen LogP contribution in [-0.4, -0.2) is 25.0 Å². The average Bonchev–Trinajstić information content (AvgIpc) is 2.44. The van der Waals surface area contributed by atoms with Gasteiger partial charge >= 0.3 is 5.97 Å². The summed E-state index contributed by atoms with van der Waals surface area (Å²) in [5.74, 6) is -0.465. The molecule has 1 amide bonds. The van der Waals surface area contributed by atoms with Crippen molar-refractivity contribution >= 4 is 22.6 Å². The predicted octanol–water partition coefficient (Wildman–Crippen LogP) is 2.76. The van der Waals surface area contributed by atoms with E-state index in [-0.39, 0.29) is 17.9 Å². The molecule has 0 aliphatic carbocycles. The van der Waals surface area contributed by atoms with Crippen molar-refractivity contribution in [3.05, 3.63) is 47.5 Å². The topological polar surface area (TPSA) is 55.4 Å². The SMILES string of the molecule is COC(=O)c1ccc2cc(C(=O)NC(C)C)ccc2c1. The standard InChI is InChI=1S/C16H17NO3/c1-10(2)17-15(18)13-6-4-12-9-14(16(19)20-3)7-5-11(12)8-13/h4-10H,1-3H3,(H,17,18). The average molecular weight is 271 g/mol. The summed E-state index contributed by atoms with van der Waals surface area (Å²) in [7, 11) is 1.35. The van der Waals surface area contributed by atoms with E-state index in [1.165, 1.54) is 7.11 Å². The third kappa shape index (κ3) is 2.96. The van der Waals surface area contributed by atoms with Gasteiger partial charge in [0.25, 0.3) is 5.91 Å². The van der Waals surface area contributed by atoms with Crippen LogP contribution in [0.5, 0.6) is 0 Å². The molecular formula is C16H17NO3. The highest BCUT2D eigenvalue weighted by Gasteiger charge is 2.09. The van der Waals surface area contributed by atoms with Gasteiger partial charge in [-0.2, -0.15) is 0 Å². The molecule has 20 heavy (non-hydrogen) atoms. The number of methoxy groups -OCH3 is 1. The van der Waals surface area contributed by atoms with Crippen LogP contribution in [0.25, 0.3) is 10.8 Å². The smallest absolute Gasteiger partial charge is 0.337 e.